The summed E-state index contributed by atoms with van der Waals surface area (Å²) in [5, 5.41) is 3.17. The number of nitrogens with zero attached hydrogens (tertiary/aromatic N) is 1. The molecule has 0 radical (unpaired) electrons. The van der Waals surface area contributed by atoms with Crippen LogP contribution < -0.4 is 10.1 Å². The van der Waals surface area contributed by atoms with Crippen molar-refractivity contribution in [1.82, 2.24) is 10.2 Å². The van der Waals surface area contributed by atoms with Gasteiger partial charge in [-0.2, -0.15) is 0 Å². The summed E-state index contributed by atoms with van der Waals surface area (Å²) >= 11 is 3.52. The molecule has 17 heavy (non-hydrogen) atoms. The van der Waals surface area contributed by atoms with Crippen molar-refractivity contribution in [1.29, 1.82) is 0 Å². The van der Waals surface area contributed by atoms with Gasteiger partial charge in [-0.25, -0.2) is 0 Å². The smallest absolute Gasteiger partial charge is 0.126 e. The number of nitrogens with one attached hydrogen (secondary N) is 1. The van der Waals surface area contributed by atoms with Gasteiger partial charge in [0.05, 0.1) is 0 Å². The van der Waals surface area contributed by atoms with E-state index in [1.165, 1.54) is 11.1 Å². The molecule has 0 aliphatic carbocycles. The van der Waals surface area contributed by atoms with Crippen LogP contribution in [0.15, 0.2) is 16.6 Å². The molecule has 0 saturated carbocycles. The molecule has 4 heteroatoms. The number of ether oxygens (including phenoxy) is 1. The molecule has 0 fully saturated rings. The Morgan fingerprint density at radius 3 is 2.65 bits per heavy atom. The third kappa shape index (κ3) is 4.66. The van der Waals surface area contributed by atoms with E-state index in [1.807, 2.05) is 21.1 Å². The quantitative estimate of drug-likeness (QED) is 0.873. The molecule has 1 rings (SSSR count). The Morgan fingerprint density at radius 1 is 1.35 bits per heavy atom. The monoisotopic (exact) mass is 300 g/mol. The Hall–Kier alpha value is -0.580. The molecule has 0 aliphatic heterocycles. The molecule has 0 aromatic heterocycles. The molecule has 1 aromatic rings. The first-order chi connectivity index (χ1) is 8.04. The lowest BCUT2D eigenvalue weighted by atomic mass is 10.1. The molecule has 0 unspecified atom stereocenters. The number of aryl methyl sites for hydroxylation is 1. The number of rotatable bonds is 6. The third-order valence-electron chi connectivity index (χ3n) is 2.47. The number of halogens is 1. The maximum absolute atomic E-state index is 5.88. The van der Waals surface area contributed by atoms with Crippen molar-refractivity contribution in [3.8, 4) is 5.75 Å². The van der Waals surface area contributed by atoms with Crippen molar-refractivity contribution in [2.75, 3.05) is 34.3 Å². The standard InChI is InChI=1S/C13H21BrN2O/c1-10-7-12(14)8-11(9-15-2)13(10)17-6-5-16(3)4/h7-8,15H,5-6,9H2,1-4H3. The number of likely N-dealkylation sites (N-methyl/N-ethyl adjacent to an activating group) is 1. The summed E-state index contributed by atoms with van der Waals surface area (Å²) in [6.07, 6.45) is 0. The highest BCUT2D eigenvalue weighted by Crippen LogP contribution is 2.28. The first-order valence-corrected chi connectivity index (χ1v) is 6.55. The summed E-state index contributed by atoms with van der Waals surface area (Å²) in [4.78, 5) is 2.12. The van der Waals surface area contributed by atoms with Crippen molar-refractivity contribution in [3.63, 3.8) is 0 Å². The fraction of sp³-hybridized carbons (Fsp3) is 0.538. The average molecular weight is 301 g/mol. The van der Waals surface area contributed by atoms with Gasteiger partial charge >= 0.3 is 0 Å². The van der Waals surface area contributed by atoms with Crippen LogP contribution in [-0.2, 0) is 6.54 Å². The lowest BCUT2D eigenvalue weighted by Crippen LogP contribution is -2.20. The second-order valence-electron chi connectivity index (χ2n) is 4.39. The second-order valence-corrected chi connectivity index (χ2v) is 5.31. The molecular weight excluding hydrogens is 280 g/mol. The van der Waals surface area contributed by atoms with Crippen molar-refractivity contribution in [3.05, 3.63) is 27.7 Å². The van der Waals surface area contributed by atoms with E-state index >= 15 is 0 Å². The maximum atomic E-state index is 5.88. The first-order valence-electron chi connectivity index (χ1n) is 5.75. The van der Waals surface area contributed by atoms with Crippen LogP contribution in [-0.4, -0.2) is 39.2 Å². The van der Waals surface area contributed by atoms with Crippen molar-refractivity contribution in [2.24, 2.45) is 0 Å². The van der Waals surface area contributed by atoms with Crippen LogP contribution >= 0.6 is 15.9 Å². The van der Waals surface area contributed by atoms with Gasteiger partial charge in [0, 0.05) is 23.1 Å². The minimum atomic E-state index is 0.714. The second kappa shape index (κ2) is 6.99. The van der Waals surface area contributed by atoms with E-state index in [1.54, 1.807) is 0 Å². The third-order valence-corrected chi connectivity index (χ3v) is 2.93. The van der Waals surface area contributed by atoms with E-state index in [9.17, 15) is 0 Å². The summed E-state index contributed by atoms with van der Waals surface area (Å²) in [7, 11) is 6.04. The average Bonchev–Trinajstić information content (AvgIpc) is 2.21. The molecule has 1 N–H and O–H groups in total. The van der Waals surface area contributed by atoms with E-state index in [2.05, 4.69) is 45.2 Å². The Bertz CT molecular complexity index is 367. The number of hydrogen-bond acceptors (Lipinski definition) is 3. The van der Waals surface area contributed by atoms with E-state index < -0.39 is 0 Å². The minimum Gasteiger partial charge on any atom is -0.492 e. The zero-order valence-electron chi connectivity index (χ0n) is 11.0. The van der Waals surface area contributed by atoms with Crippen LogP contribution in [0.4, 0.5) is 0 Å². The SMILES string of the molecule is CNCc1cc(Br)cc(C)c1OCCN(C)C. The van der Waals surface area contributed by atoms with Crippen LogP contribution in [0.3, 0.4) is 0 Å². The molecule has 96 valence electrons. The Balaban J connectivity index is 2.80. The predicted molar refractivity (Wildman–Crippen MR) is 75.7 cm³/mol. The number of hydrogen-bond donors (Lipinski definition) is 1. The molecule has 0 aliphatic rings. The van der Waals surface area contributed by atoms with Gasteiger partial charge in [-0.15, -0.1) is 0 Å². The van der Waals surface area contributed by atoms with Gasteiger partial charge in [-0.3, -0.25) is 0 Å². The van der Waals surface area contributed by atoms with Crippen LogP contribution in [0.1, 0.15) is 11.1 Å². The number of benzene rings is 1. The molecule has 1 aromatic carbocycles. The lowest BCUT2D eigenvalue weighted by Gasteiger charge is -2.16. The Kier molecular flexibility index (Phi) is 5.95. The van der Waals surface area contributed by atoms with Gasteiger partial charge in [0.25, 0.3) is 0 Å². The Morgan fingerprint density at radius 2 is 2.06 bits per heavy atom. The molecule has 0 amide bonds. The fourth-order valence-corrected chi connectivity index (χ4v) is 2.28. The van der Waals surface area contributed by atoms with E-state index in [4.69, 9.17) is 4.74 Å². The minimum absolute atomic E-state index is 0.714. The molecule has 3 nitrogen and oxygen atoms in total. The van der Waals surface area contributed by atoms with Crippen molar-refractivity contribution < 1.29 is 4.74 Å². The van der Waals surface area contributed by atoms with Gasteiger partial charge < -0.3 is 15.0 Å². The fourth-order valence-electron chi connectivity index (χ4n) is 1.66. The van der Waals surface area contributed by atoms with E-state index in [-0.39, 0.29) is 0 Å². The van der Waals surface area contributed by atoms with Crippen LogP contribution in [0.2, 0.25) is 0 Å². The van der Waals surface area contributed by atoms with Crippen molar-refractivity contribution >= 4 is 15.9 Å². The summed E-state index contributed by atoms with van der Waals surface area (Å²) in [5.74, 6) is 1.00. The highest BCUT2D eigenvalue weighted by molar-refractivity contribution is 9.10. The highest BCUT2D eigenvalue weighted by Gasteiger charge is 2.08. The largest absolute Gasteiger partial charge is 0.492 e. The van der Waals surface area contributed by atoms with Gasteiger partial charge in [-0.05, 0) is 45.8 Å². The summed E-state index contributed by atoms with van der Waals surface area (Å²) in [6.45, 7) is 4.53. The molecule has 0 heterocycles. The topological polar surface area (TPSA) is 24.5 Å². The summed E-state index contributed by atoms with van der Waals surface area (Å²) in [5.41, 5.74) is 2.36. The summed E-state index contributed by atoms with van der Waals surface area (Å²) in [6, 6.07) is 4.19. The summed E-state index contributed by atoms with van der Waals surface area (Å²) < 4.78 is 6.98. The maximum Gasteiger partial charge on any atom is 0.126 e. The van der Waals surface area contributed by atoms with Gasteiger partial charge in [0.15, 0.2) is 0 Å². The van der Waals surface area contributed by atoms with Crippen LogP contribution in [0.25, 0.3) is 0 Å². The zero-order chi connectivity index (χ0) is 12.8. The lowest BCUT2D eigenvalue weighted by molar-refractivity contribution is 0.258. The highest BCUT2D eigenvalue weighted by atomic mass is 79.9. The van der Waals surface area contributed by atoms with Gasteiger partial charge in [0.1, 0.15) is 12.4 Å². The first kappa shape index (κ1) is 14.5. The Labute approximate surface area is 112 Å². The predicted octanol–water partition coefficient (Wildman–Crippen LogP) is 2.42. The van der Waals surface area contributed by atoms with Crippen LogP contribution in [0, 0.1) is 6.92 Å². The zero-order valence-corrected chi connectivity index (χ0v) is 12.6. The van der Waals surface area contributed by atoms with Crippen LogP contribution in [0.5, 0.6) is 5.75 Å². The van der Waals surface area contributed by atoms with E-state index in [0.717, 1.165) is 23.3 Å². The van der Waals surface area contributed by atoms with E-state index in [0.29, 0.717) is 6.61 Å². The molecule has 0 spiro atoms. The van der Waals surface area contributed by atoms with Crippen molar-refractivity contribution in [2.45, 2.75) is 13.5 Å². The van der Waals surface area contributed by atoms with Gasteiger partial charge in [0.2, 0.25) is 0 Å². The molecule has 0 bridgehead atoms. The molecule has 0 atom stereocenters. The van der Waals surface area contributed by atoms with Gasteiger partial charge in [-0.1, -0.05) is 15.9 Å². The molecular formula is C13H21BrN2O. The normalized spacial score (nSPS) is 10.9. The molecule has 0 saturated heterocycles.